The van der Waals surface area contributed by atoms with Crippen LogP contribution < -0.4 is 0 Å². The van der Waals surface area contributed by atoms with E-state index in [4.69, 9.17) is 10.2 Å². The highest BCUT2D eigenvalue weighted by Gasteiger charge is 2.25. The topological polar surface area (TPSA) is 40.6 Å². The van der Waals surface area contributed by atoms with Crippen molar-refractivity contribution in [2.24, 2.45) is 0 Å². The van der Waals surface area contributed by atoms with Crippen LogP contribution in [0, 0.1) is 0 Å². The number of aromatic nitrogens is 5. The summed E-state index contributed by atoms with van der Waals surface area (Å²) in [5.74, 6) is 1.59. The van der Waals surface area contributed by atoms with E-state index >= 15 is 0 Å². The van der Waals surface area contributed by atoms with Crippen molar-refractivity contribution >= 4 is 49.6 Å². The molecule has 0 saturated heterocycles. The van der Waals surface area contributed by atoms with Crippen LogP contribution in [0.3, 0.4) is 0 Å². The Morgan fingerprint density at radius 3 is 2.06 bits per heavy atom. The van der Waals surface area contributed by atoms with Crippen molar-refractivity contribution in [3.05, 3.63) is 157 Å². The summed E-state index contributed by atoms with van der Waals surface area (Å²) < 4.78 is 6.91. The minimum atomic E-state index is 0.781. The number of rotatable bonds is 4. The molecule has 3 aromatic heterocycles. The fourth-order valence-corrected chi connectivity index (χ4v) is 7.61. The van der Waals surface area contributed by atoms with E-state index in [2.05, 4.69) is 165 Å². The lowest BCUT2D eigenvalue weighted by Gasteiger charge is -2.16. The van der Waals surface area contributed by atoms with Gasteiger partial charge in [0.05, 0.1) is 27.9 Å². The predicted molar refractivity (Wildman–Crippen MR) is 193 cm³/mol. The Morgan fingerprint density at radius 1 is 0.489 bits per heavy atom. The highest BCUT2D eigenvalue weighted by atomic mass is 15.4. The highest BCUT2D eigenvalue weighted by Crippen LogP contribution is 2.39. The van der Waals surface area contributed by atoms with E-state index in [0.29, 0.717) is 0 Å². The average molecular weight is 604 g/mol. The quantitative estimate of drug-likeness (QED) is 0.201. The summed E-state index contributed by atoms with van der Waals surface area (Å²) in [6, 6.07) is 49.7. The molecule has 0 atom stereocenters. The maximum absolute atomic E-state index is 5.01. The molecule has 0 bridgehead atoms. The summed E-state index contributed by atoms with van der Waals surface area (Å²) in [5.41, 5.74) is 9.24. The van der Waals surface area contributed by atoms with Gasteiger partial charge in [-0.05, 0) is 77.7 Å². The molecule has 222 valence electrons. The second kappa shape index (κ2) is 10.2. The van der Waals surface area contributed by atoms with Crippen molar-refractivity contribution in [1.82, 2.24) is 23.9 Å². The molecule has 5 nitrogen and oxygen atoms in total. The van der Waals surface area contributed by atoms with Gasteiger partial charge in [-0.15, -0.1) is 10.2 Å². The molecule has 0 radical (unpaired) electrons. The van der Waals surface area contributed by atoms with Gasteiger partial charge in [-0.3, -0.25) is 9.13 Å². The van der Waals surface area contributed by atoms with Crippen LogP contribution >= 0.6 is 0 Å². The molecule has 47 heavy (non-hydrogen) atoms. The van der Waals surface area contributed by atoms with Gasteiger partial charge in [0.15, 0.2) is 5.82 Å². The van der Waals surface area contributed by atoms with Gasteiger partial charge < -0.3 is 4.57 Å². The number of allylic oxidation sites excluding steroid dienone is 1. The van der Waals surface area contributed by atoms with Gasteiger partial charge in [-0.1, -0.05) is 103 Å². The van der Waals surface area contributed by atoms with Crippen LogP contribution in [0.5, 0.6) is 0 Å². The number of fused-ring (bicyclic) bond motifs is 7. The SMILES string of the molecule is C1=Cc2c(c3ccccc3n2-c2nnc(-c3cccc4ccccc34)n2-c2ccc3c(c2)c2ccccc2n3-c2ccccc2)CC1. The molecule has 0 unspecified atom stereocenters. The Morgan fingerprint density at radius 2 is 1.19 bits per heavy atom. The van der Waals surface area contributed by atoms with E-state index in [1.165, 1.54) is 38.3 Å². The van der Waals surface area contributed by atoms with Crippen molar-refractivity contribution in [2.45, 2.75) is 12.8 Å². The van der Waals surface area contributed by atoms with Gasteiger partial charge in [0.25, 0.3) is 0 Å². The van der Waals surface area contributed by atoms with Crippen LogP contribution in [-0.4, -0.2) is 23.9 Å². The molecular formula is C42H29N5. The second-order valence-electron chi connectivity index (χ2n) is 12.2. The summed E-state index contributed by atoms with van der Waals surface area (Å²) in [6.45, 7) is 0. The van der Waals surface area contributed by atoms with E-state index in [-0.39, 0.29) is 0 Å². The van der Waals surface area contributed by atoms with Gasteiger partial charge >= 0.3 is 0 Å². The van der Waals surface area contributed by atoms with Crippen molar-refractivity contribution in [3.8, 4) is 28.7 Å². The lowest BCUT2D eigenvalue weighted by atomic mass is 10.0. The first kappa shape index (κ1) is 26.1. The van der Waals surface area contributed by atoms with Crippen molar-refractivity contribution in [1.29, 1.82) is 0 Å². The first-order chi connectivity index (χ1) is 23.3. The molecule has 0 N–H and O–H groups in total. The summed E-state index contributed by atoms with van der Waals surface area (Å²) in [5, 5.41) is 16.0. The Balaban J connectivity index is 1.31. The highest BCUT2D eigenvalue weighted by molar-refractivity contribution is 6.10. The van der Waals surface area contributed by atoms with Gasteiger partial charge in [0, 0.05) is 27.4 Å². The van der Waals surface area contributed by atoms with Crippen molar-refractivity contribution in [2.75, 3.05) is 0 Å². The summed E-state index contributed by atoms with van der Waals surface area (Å²) >= 11 is 0. The third-order valence-electron chi connectivity index (χ3n) is 9.66. The third-order valence-corrected chi connectivity index (χ3v) is 9.66. The lowest BCUT2D eigenvalue weighted by molar-refractivity contribution is 0.886. The monoisotopic (exact) mass is 603 g/mol. The van der Waals surface area contributed by atoms with E-state index < -0.39 is 0 Å². The summed E-state index contributed by atoms with van der Waals surface area (Å²) in [6.07, 6.45) is 6.58. The third kappa shape index (κ3) is 3.83. The molecular weight excluding hydrogens is 574 g/mol. The van der Waals surface area contributed by atoms with Crippen LogP contribution in [0.25, 0.3) is 78.3 Å². The largest absolute Gasteiger partial charge is 0.309 e. The van der Waals surface area contributed by atoms with Gasteiger partial charge in [-0.2, -0.15) is 0 Å². The minimum Gasteiger partial charge on any atom is -0.309 e. The van der Waals surface area contributed by atoms with Crippen LogP contribution in [0.1, 0.15) is 17.7 Å². The van der Waals surface area contributed by atoms with E-state index in [1.54, 1.807) is 0 Å². The van der Waals surface area contributed by atoms with E-state index in [9.17, 15) is 0 Å². The molecule has 0 spiro atoms. The average Bonchev–Trinajstić information content (AvgIpc) is 3.81. The number of hydrogen-bond donors (Lipinski definition) is 0. The standard InChI is InChI=1S/C42H29N5/c1-2-15-29(16-3-1)45-37-22-9-8-20-34(37)36-27-30(25-26-40(36)45)46-41(35-21-12-14-28-13-4-5-17-31(28)35)43-44-42(46)47-38-23-10-6-18-32(38)33-19-7-11-24-39(33)47/h1-6,8-18,20-27H,7,19H2. The molecule has 3 heterocycles. The zero-order chi connectivity index (χ0) is 30.9. The van der Waals surface area contributed by atoms with E-state index in [1.807, 2.05) is 0 Å². The minimum absolute atomic E-state index is 0.781. The van der Waals surface area contributed by atoms with Crippen molar-refractivity contribution < 1.29 is 0 Å². The Labute approximate surface area is 271 Å². The molecule has 9 aromatic rings. The number of benzene rings is 6. The summed E-state index contributed by atoms with van der Waals surface area (Å²) in [4.78, 5) is 0. The normalized spacial score (nSPS) is 12.9. The molecule has 1 aliphatic carbocycles. The first-order valence-electron chi connectivity index (χ1n) is 16.2. The summed E-state index contributed by atoms with van der Waals surface area (Å²) in [7, 11) is 0. The van der Waals surface area contributed by atoms with Crippen molar-refractivity contribution in [3.63, 3.8) is 0 Å². The fourth-order valence-electron chi connectivity index (χ4n) is 7.61. The number of para-hydroxylation sites is 3. The van der Waals surface area contributed by atoms with Gasteiger partial charge in [0.2, 0.25) is 5.95 Å². The zero-order valence-corrected chi connectivity index (χ0v) is 25.6. The first-order valence-corrected chi connectivity index (χ1v) is 16.2. The number of aryl methyl sites for hydroxylation is 1. The Hall–Kier alpha value is -6.20. The van der Waals surface area contributed by atoms with Crippen LogP contribution in [0.2, 0.25) is 0 Å². The molecule has 0 aliphatic heterocycles. The van der Waals surface area contributed by atoms with Crippen LogP contribution in [0.15, 0.2) is 146 Å². The molecule has 5 heteroatoms. The number of hydrogen-bond acceptors (Lipinski definition) is 2. The molecule has 6 aromatic carbocycles. The molecule has 0 saturated carbocycles. The maximum atomic E-state index is 5.01. The smallest absolute Gasteiger partial charge is 0.241 e. The predicted octanol–water partition coefficient (Wildman–Crippen LogP) is 10.1. The van der Waals surface area contributed by atoms with E-state index in [0.717, 1.165) is 58.0 Å². The fraction of sp³-hybridized carbons (Fsp3) is 0.0476. The Bertz CT molecular complexity index is 2680. The van der Waals surface area contributed by atoms with Crippen LogP contribution in [0.4, 0.5) is 0 Å². The zero-order valence-electron chi connectivity index (χ0n) is 25.6. The molecule has 1 aliphatic rings. The Kier molecular flexibility index (Phi) is 5.63. The molecule has 0 amide bonds. The molecule has 10 rings (SSSR count). The molecule has 0 fully saturated rings. The van der Waals surface area contributed by atoms with Crippen LogP contribution in [-0.2, 0) is 6.42 Å². The lowest BCUT2D eigenvalue weighted by Crippen LogP contribution is -2.09. The second-order valence-corrected chi connectivity index (χ2v) is 12.2. The number of nitrogens with zero attached hydrogens (tertiary/aromatic N) is 5. The van der Waals surface area contributed by atoms with Gasteiger partial charge in [-0.25, -0.2) is 0 Å². The maximum Gasteiger partial charge on any atom is 0.241 e. The van der Waals surface area contributed by atoms with Gasteiger partial charge in [0.1, 0.15) is 0 Å².